The highest BCUT2D eigenvalue weighted by molar-refractivity contribution is 9.10. The van der Waals surface area contributed by atoms with Gasteiger partial charge in [-0.25, -0.2) is 0 Å². The van der Waals surface area contributed by atoms with E-state index >= 15 is 0 Å². The van der Waals surface area contributed by atoms with Crippen LogP contribution in [0.2, 0.25) is 5.02 Å². The summed E-state index contributed by atoms with van der Waals surface area (Å²) < 4.78 is 6.08. The first kappa shape index (κ1) is 13.5. The maximum Gasteiger partial charge on any atom is 0.246 e. The predicted octanol–water partition coefficient (Wildman–Crippen LogP) is 3.61. The Morgan fingerprint density at radius 1 is 1.39 bits per heavy atom. The van der Waals surface area contributed by atoms with Crippen molar-refractivity contribution in [2.75, 3.05) is 7.05 Å². The van der Waals surface area contributed by atoms with Crippen LogP contribution in [0.15, 0.2) is 27.2 Å². The van der Waals surface area contributed by atoms with E-state index in [1.54, 1.807) is 6.07 Å². The zero-order valence-electron chi connectivity index (χ0n) is 10.3. The largest absolute Gasteiger partial charge is 0.337 e. The average molecular weight is 331 g/mol. The molecule has 96 valence electrons. The van der Waals surface area contributed by atoms with Crippen LogP contribution in [0.1, 0.15) is 19.7 Å². The van der Waals surface area contributed by atoms with Crippen LogP contribution in [0.5, 0.6) is 0 Å². The molecule has 0 bridgehead atoms. The van der Waals surface area contributed by atoms with Gasteiger partial charge in [-0.3, -0.25) is 0 Å². The lowest BCUT2D eigenvalue weighted by Gasteiger charge is -2.17. The minimum atomic E-state index is -0.352. The van der Waals surface area contributed by atoms with Crippen LogP contribution in [0.25, 0.3) is 11.4 Å². The summed E-state index contributed by atoms with van der Waals surface area (Å²) in [6.07, 6.45) is 0. The first-order valence-corrected chi connectivity index (χ1v) is 6.59. The van der Waals surface area contributed by atoms with Gasteiger partial charge in [0.05, 0.1) is 10.6 Å². The van der Waals surface area contributed by atoms with Crippen molar-refractivity contribution in [2.45, 2.75) is 19.4 Å². The Kier molecular flexibility index (Phi) is 3.75. The van der Waals surface area contributed by atoms with Crippen molar-refractivity contribution in [3.05, 3.63) is 33.6 Å². The maximum absolute atomic E-state index is 5.95. The Hall–Kier alpha value is -0.910. The smallest absolute Gasteiger partial charge is 0.246 e. The van der Waals surface area contributed by atoms with Gasteiger partial charge in [-0.15, -0.1) is 0 Å². The number of hydrogen-bond donors (Lipinski definition) is 1. The molecule has 1 heterocycles. The summed E-state index contributed by atoms with van der Waals surface area (Å²) in [6.45, 7) is 3.95. The summed E-state index contributed by atoms with van der Waals surface area (Å²) in [4.78, 5) is 4.39. The number of aromatic nitrogens is 2. The van der Waals surface area contributed by atoms with E-state index in [0.717, 1.165) is 10.0 Å². The molecule has 0 atom stereocenters. The molecule has 2 rings (SSSR count). The second-order valence-corrected chi connectivity index (χ2v) is 5.69. The van der Waals surface area contributed by atoms with E-state index in [0.29, 0.717) is 16.7 Å². The lowest BCUT2D eigenvalue weighted by atomic mass is 10.1. The molecule has 1 N–H and O–H groups in total. The third kappa shape index (κ3) is 2.58. The van der Waals surface area contributed by atoms with Crippen LogP contribution in [-0.2, 0) is 5.54 Å². The first-order valence-electron chi connectivity index (χ1n) is 5.42. The zero-order valence-corrected chi connectivity index (χ0v) is 12.6. The molecule has 1 aromatic carbocycles. The van der Waals surface area contributed by atoms with Gasteiger partial charge in [0.2, 0.25) is 11.7 Å². The van der Waals surface area contributed by atoms with E-state index in [1.807, 2.05) is 33.0 Å². The minimum Gasteiger partial charge on any atom is -0.337 e. The van der Waals surface area contributed by atoms with Crippen LogP contribution < -0.4 is 5.32 Å². The second kappa shape index (κ2) is 4.99. The Labute approximate surface area is 119 Å². The summed E-state index contributed by atoms with van der Waals surface area (Å²) >= 11 is 9.32. The van der Waals surface area contributed by atoms with Crippen LogP contribution in [-0.4, -0.2) is 17.2 Å². The SMILES string of the molecule is CNC(C)(C)c1nc(-c2ccc(Cl)c(Br)c2)no1. The molecule has 0 aliphatic carbocycles. The Balaban J connectivity index is 2.38. The van der Waals surface area contributed by atoms with Gasteiger partial charge in [-0.2, -0.15) is 4.98 Å². The number of hydrogen-bond acceptors (Lipinski definition) is 4. The number of nitrogens with one attached hydrogen (secondary N) is 1. The molecule has 0 aliphatic rings. The van der Waals surface area contributed by atoms with Gasteiger partial charge in [0.25, 0.3) is 0 Å². The highest BCUT2D eigenvalue weighted by Crippen LogP contribution is 2.28. The molecule has 0 radical (unpaired) electrons. The lowest BCUT2D eigenvalue weighted by molar-refractivity contribution is 0.281. The average Bonchev–Trinajstić information content (AvgIpc) is 2.83. The fraction of sp³-hybridized carbons (Fsp3) is 0.333. The summed E-state index contributed by atoms with van der Waals surface area (Å²) in [7, 11) is 1.85. The van der Waals surface area contributed by atoms with Crippen molar-refractivity contribution in [1.29, 1.82) is 0 Å². The van der Waals surface area contributed by atoms with Crippen molar-refractivity contribution >= 4 is 27.5 Å². The van der Waals surface area contributed by atoms with Crippen molar-refractivity contribution in [3.63, 3.8) is 0 Å². The van der Waals surface area contributed by atoms with Gasteiger partial charge in [-0.05, 0) is 55.0 Å². The van der Waals surface area contributed by atoms with E-state index < -0.39 is 0 Å². The number of halogens is 2. The number of rotatable bonds is 3. The monoisotopic (exact) mass is 329 g/mol. The summed E-state index contributed by atoms with van der Waals surface area (Å²) in [6, 6.07) is 5.51. The number of nitrogens with zero attached hydrogens (tertiary/aromatic N) is 2. The molecule has 2 aromatic rings. The van der Waals surface area contributed by atoms with E-state index in [-0.39, 0.29) is 5.54 Å². The third-order valence-corrected chi connectivity index (χ3v) is 3.98. The molecule has 0 saturated carbocycles. The Bertz CT molecular complexity index is 568. The van der Waals surface area contributed by atoms with E-state index in [4.69, 9.17) is 16.1 Å². The molecule has 0 fully saturated rings. The standard InChI is InChI=1S/C12H13BrClN3O/c1-12(2,15-3)11-16-10(17-18-11)7-4-5-9(14)8(13)6-7/h4-6,15H,1-3H3. The van der Waals surface area contributed by atoms with Gasteiger partial charge in [0.15, 0.2) is 0 Å². The number of benzene rings is 1. The lowest BCUT2D eigenvalue weighted by Crippen LogP contribution is -2.33. The van der Waals surface area contributed by atoms with Crippen molar-refractivity contribution in [1.82, 2.24) is 15.5 Å². The van der Waals surface area contributed by atoms with Gasteiger partial charge in [-0.1, -0.05) is 16.8 Å². The first-order chi connectivity index (χ1) is 8.44. The van der Waals surface area contributed by atoms with Gasteiger partial charge in [0.1, 0.15) is 0 Å². The Morgan fingerprint density at radius 2 is 2.11 bits per heavy atom. The van der Waals surface area contributed by atoms with Crippen LogP contribution >= 0.6 is 27.5 Å². The fourth-order valence-electron chi connectivity index (χ4n) is 1.34. The summed E-state index contributed by atoms with van der Waals surface area (Å²) in [5, 5.41) is 7.75. The molecule has 0 spiro atoms. The van der Waals surface area contributed by atoms with E-state index in [9.17, 15) is 0 Å². The van der Waals surface area contributed by atoms with E-state index in [2.05, 4.69) is 31.4 Å². The molecule has 1 aromatic heterocycles. The second-order valence-electron chi connectivity index (χ2n) is 4.43. The van der Waals surface area contributed by atoms with Crippen LogP contribution in [0.3, 0.4) is 0 Å². The van der Waals surface area contributed by atoms with Crippen LogP contribution in [0, 0.1) is 0 Å². The van der Waals surface area contributed by atoms with Crippen molar-refractivity contribution in [3.8, 4) is 11.4 Å². The normalized spacial score (nSPS) is 11.8. The summed E-state index contributed by atoms with van der Waals surface area (Å²) in [5.74, 6) is 1.09. The summed E-state index contributed by atoms with van der Waals surface area (Å²) in [5.41, 5.74) is 0.503. The molecule has 6 heteroatoms. The van der Waals surface area contributed by atoms with Gasteiger partial charge in [0, 0.05) is 10.0 Å². The minimum absolute atomic E-state index is 0.352. The molecule has 0 amide bonds. The van der Waals surface area contributed by atoms with Crippen molar-refractivity contribution in [2.24, 2.45) is 0 Å². The molecule has 4 nitrogen and oxygen atoms in total. The molecule has 0 aliphatic heterocycles. The van der Waals surface area contributed by atoms with Gasteiger partial charge >= 0.3 is 0 Å². The molecular weight excluding hydrogens is 318 g/mol. The van der Waals surface area contributed by atoms with Crippen LogP contribution in [0.4, 0.5) is 0 Å². The maximum atomic E-state index is 5.95. The van der Waals surface area contributed by atoms with Gasteiger partial charge < -0.3 is 9.84 Å². The Morgan fingerprint density at radius 3 is 2.72 bits per heavy atom. The topological polar surface area (TPSA) is 51.0 Å². The zero-order chi connectivity index (χ0) is 13.3. The molecule has 0 saturated heterocycles. The molecule has 18 heavy (non-hydrogen) atoms. The highest BCUT2D eigenvalue weighted by Gasteiger charge is 2.25. The highest BCUT2D eigenvalue weighted by atomic mass is 79.9. The van der Waals surface area contributed by atoms with E-state index in [1.165, 1.54) is 0 Å². The molecule has 0 unspecified atom stereocenters. The molecular formula is C12H13BrClN3O. The fourth-order valence-corrected chi connectivity index (χ4v) is 1.83. The quantitative estimate of drug-likeness (QED) is 0.934. The third-order valence-electron chi connectivity index (χ3n) is 2.76. The predicted molar refractivity (Wildman–Crippen MR) is 74.5 cm³/mol. The van der Waals surface area contributed by atoms with Crippen molar-refractivity contribution < 1.29 is 4.52 Å².